The number of nitrogens with one attached hydrogen (secondary N) is 1. The fourth-order valence-corrected chi connectivity index (χ4v) is 1.41. The van der Waals surface area contributed by atoms with Crippen LogP contribution in [0.15, 0.2) is 18.2 Å². The van der Waals surface area contributed by atoms with Crippen LogP contribution < -0.4 is 15.8 Å². The second-order valence-corrected chi connectivity index (χ2v) is 4.38. The van der Waals surface area contributed by atoms with Gasteiger partial charge in [0, 0.05) is 37.2 Å². The quantitative estimate of drug-likeness (QED) is 0.748. The maximum absolute atomic E-state index is 5.82. The van der Waals surface area contributed by atoms with Crippen LogP contribution in [0.4, 0.5) is 11.4 Å². The van der Waals surface area contributed by atoms with Crippen LogP contribution in [0.1, 0.15) is 20.8 Å². The number of methoxy groups -OCH3 is 1. The van der Waals surface area contributed by atoms with Crippen LogP contribution in [0.2, 0.25) is 0 Å². The Hall–Kier alpha value is -1.42. The standard InChI is InChI=1S/C13H22N2O2/c1-9(2)17-13-6-11(14)5-12(7-13)15-8-10(3)16-4/h5-7,9-10,15H,8,14H2,1-4H3. The van der Waals surface area contributed by atoms with E-state index in [0.717, 1.165) is 18.0 Å². The highest BCUT2D eigenvalue weighted by atomic mass is 16.5. The summed E-state index contributed by atoms with van der Waals surface area (Å²) in [5.74, 6) is 0.785. The van der Waals surface area contributed by atoms with Crippen molar-refractivity contribution >= 4 is 11.4 Å². The Bertz CT molecular complexity index is 353. The molecule has 0 bridgehead atoms. The Labute approximate surface area is 103 Å². The van der Waals surface area contributed by atoms with Crippen molar-refractivity contribution in [2.75, 3.05) is 24.7 Å². The Balaban J connectivity index is 2.68. The number of hydrogen-bond acceptors (Lipinski definition) is 4. The first-order valence-electron chi connectivity index (χ1n) is 5.85. The summed E-state index contributed by atoms with van der Waals surface area (Å²) in [5, 5.41) is 3.26. The molecule has 0 aliphatic heterocycles. The van der Waals surface area contributed by atoms with Crippen LogP contribution in [0.5, 0.6) is 5.75 Å². The number of nitrogens with two attached hydrogens (primary N) is 1. The van der Waals surface area contributed by atoms with Crippen LogP contribution in [0.3, 0.4) is 0 Å². The van der Waals surface area contributed by atoms with Crippen LogP contribution in [-0.4, -0.2) is 25.9 Å². The van der Waals surface area contributed by atoms with Gasteiger partial charge in [0.1, 0.15) is 5.75 Å². The average Bonchev–Trinajstić information content (AvgIpc) is 2.24. The van der Waals surface area contributed by atoms with Gasteiger partial charge in [-0.1, -0.05) is 0 Å². The maximum Gasteiger partial charge on any atom is 0.123 e. The second-order valence-electron chi connectivity index (χ2n) is 4.38. The molecule has 1 unspecified atom stereocenters. The summed E-state index contributed by atoms with van der Waals surface area (Å²) in [7, 11) is 1.69. The molecule has 0 heterocycles. The topological polar surface area (TPSA) is 56.5 Å². The van der Waals surface area contributed by atoms with Gasteiger partial charge >= 0.3 is 0 Å². The van der Waals surface area contributed by atoms with Crippen molar-refractivity contribution in [3.05, 3.63) is 18.2 Å². The van der Waals surface area contributed by atoms with Crippen LogP contribution >= 0.6 is 0 Å². The summed E-state index contributed by atoms with van der Waals surface area (Å²) in [6, 6.07) is 5.65. The molecular weight excluding hydrogens is 216 g/mol. The lowest BCUT2D eigenvalue weighted by Crippen LogP contribution is -2.18. The predicted octanol–water partition coefficient (Wildman–Crippen LogP) is 2.50. The molecule has 0 radical (unpaired) electrons. The van der Waals surface area contributed by atoms with E-state index in [2.05, 4.69) is 5.32 Å². The lowest BCUT2D eigenvalue weighted by atomic mass is 10.2. The van der Waals surface area contributed by atoms with Crippen LogP contribution in [0.25, 0.3) is 0 Å². The number of nitrogen functional groups attached to an aromatic ring is 1. The summed E-state index contributed by atoms with van der Waals surface area (Å²) in [5.41, 5.74) is 7.46. The minimum Gasteiger partial charge on any atom is -0.491 e. The van der Waals surface area contributed by atoms with E-state index in [9.17, 15) is 0 Å². The number of anilines is 2. The van der Waals surface area contributed by atoms with Crippen molar-refractivity contribution in [2.45, 2.75) is 33.0 Å². The molecule has 0 aliphatic carbocycles. The highest BCUT2D eigenvalue weighted by molar-refractivity contribution is 5.59. The number of ether oxygens (including phenoxy) is 2. The van der Waals surface area contributed by atoms with Crippen LogP contribution in [0, 0.1) is 0 Å². The van der Waals surface area contributed by atoms with Crippen LogP contribution in [-0.2, 0) is 4.74 Å². The minimum absolute atomic E-state index is 0.141. The van der Waals surface area contributed by atoms with Gasteiger partial charge in [0.25, 0.3) is 0 Å². The van der Waals surface area contributed by atoms with Crippen molar-refractivity contribution in [2.24, 2.45) is 0 Å². The van der Waals surface area contributed by atoms with E-state index >= 15 is 0 Å². The highest BCUT2D eigenvalue weighted by Crippen LogP contribution is 2.23. The highest BCUT2D eigenvalue weighted by Gasteiger charge is 2.04. The van der Waals surface area contributed by atoms with Gasteiger partial charge in [0.15, 0.2) is 0 Å². The molecule has 1 atom stereocenters. The molecule has 0 saturated carbocycles. The summed E-state index contributed by atoms with van der Waals surface area (Å²) in [6.45, 7) is 6.72. The summed E-state index contributed by atoms with van der Waals surface area (Å²) >= 11 is 0. The molecule has 4 heteroatoms. The lowest BCUT2D eigenvalue weighted by molar-refractivity contribution is 0.129. The van der Waals surface area contributed by atoms with Gasteiger partial charge < -0.3 is 20.5 Å². The Morgan fingerprint density at radius 1 is 1.24 bits per heavy atom. The molecule has 17 heavy (non-hydrogen) atoms. The van der Waals surface area contributed by atoms with Crippen molar-refractivity contribution in [1.29, 1.82) is 0 Å². The number of hydrogen-bond donors (Lipinski definition) is 2. The van der Waals surface area contributed by atoms with E-state index in [0.29, 0.717) is 5.69 Å². The van der Waals surface area contributed by atoms with E-state index in [-0.39, 0.29) is 12.2 Å². The fraction of sp³-hybridized carbons (Fsp3) is 0.538. The fourth-order valence-electron chi connectivity index (χ4n) is 1.41. The molecule has 0 aromatic heterocycles. The predicted molar refractivity (Wildman–Crippen MR) is 71.6 cm³/mol. The minimum atomic E-state index is 0.141. The molecule has 0 aliphatic rings. The van der Waals surface area contributed by atoms with E-state index < -0.39 is 0 Å². The van der Waals surface area contributed by atoms with Crippen molar-refractivity contribution in [1.82, 2.24) is 0 Å². The molecule has 1 aromatic carbocycles. The Morgan fingerprint density at radius 2 is 1.94 bits per heavy atom. The third kappa shape index (κ3) is 4.95. The van der Waals surface area contributed by atoms with Gasteiger partial charge in [-0.3, -0.25) is 0 Å². The van der Waals surface area contributed by atoms with Crippen molar-refractivity contribution in [3.63, 3.8) is 0 Å². The molecule has 1 rings (SSSR count). The largest absolute Gasteiger partial charge is 0.491 e. The molecular formula is C13H22N2O2. The van der Waals surface area contributed by atoms with E-state index in [1.807, 2.05) is 39.0 Å². The third-order valence-corrected chi connectivity index (χ3v) is 2.30. The lowest BCUT2D eigenvalue weighted by Gasteiger charge is -2.15. The van der Waals surface area contributed by atoms with E-state index in [4.69, 9.17) is 15.2 Å². The molecule has 3 N–H and O–H groups in total. The number of benzene rings is 1. The molecule has 0 fully saturated rings. The van der Waals surface area contributed by atoms with Crippen molar-refractivity contribution in [3.8, 4) is 5.75 Å². The Kier molecular flexibility index (Phi) is 5.10. The molecule has 0 amide bonds. The summed E-state index contributed by atoms with van der Waals surface area (Å²) < 4.78 is 10.8. The molecule has 96 valence electrons. The molecule has 0 spiro atoms. The normalized spacial score (nSPS) is 12.5. The van der Waals surface area contributed by atoms with Gasteiger partial charge in [0.2, 0.25) is 0 Å². The smallest absolute Gasteiger partial charge is 0.123 e. The SMILES string of the molecule is COC(C)CNc1cc(N)cc(OC(C)C)c1. The maximum atomic E-state index is 5.82. The molecule has 1 aromatic rings. The molecule has 0 saturated heterocycles. The summed E-state index contributed by atoms with van der Waals surface area (Å²) in [4.78, 5) is 0. The summed E-state index contributed by atoms with van der Waals surface area (Å²) in [6.07, 6.45) is 0.299. The average molecular weight is 238 g/mol. The van der Waals surface area contributed by atoms with Crippen molar-refractivity contribution < 1.29 is 9.47 Å². The first-order chi connectivity index (χ1) is 8.01. The van der Waals surface area contributed by atoms with E-state index in [1.54, 1.807) is 7.11 Å². The second kappa shape index (κ2) is 6.35. The molecule has 4 nitrogen and oxygen atoms in total. The van der Waals surface area contributed by atoms with Gasteiger partial charge in [-0.2, -0.15) is 0 Å². The van der Waals surface area contributed by atoms with Gasteiger partial charge in [0.05, 0.1) is 12.2 Å². The first kappa shape index (κ1) is 13.6. The number of rotatable bonds is 6. The third-order valence-electron chi connectivity index (χ3n) is 2.30. The van der Waals surface area contributed by atoms with Gasteiger partial charge in [-0.15, -0.1) is 0 Å². The van der Waals surface area contributed by atoms with Gasteiger partial charge in [-0.05, 0) is 26.8 Å². The van der Waals surface area contributed by atoms with Gasteiger partial charge in [-0.25, -0.2) is 0 Å². The first-order valence-corrected chi connectivity index (χ1v) is 5.85. The zero-order valence-electron chi connectivity index (χ0n) is 11.0. The zero-order chi connectivity index (χ0) is 12.8. The van der Waals surface area contributed by atoms with E-state index in [1.165, 1.54) is 0 Å². The monoisotopic (exact) mass is 238 g/mol. The Morgan fingerprint density at radius 3 is 2.53 bits per heavy atom. The zero-order valence-corrected chi connectivity index (χ0v) is 11.0.